The van der Waals surface area contributed by atoms with Crippen LogP contribution in [-0.4, -0.2) is 38.6 Å². The second kappa shape index (κ2) is 8.01. The maximum Gasteiger partial charge on any atom is 0.235 e. The quantitative estimate of drug-likeness (QED) is 0.556. The van der Waals surface area contributed by atoms with Gasteiger partial charge < -0.3 is 14.0 Å². The van der Waals surface area contributed by atoms with Crippen LogP contribution in [0.4, 0.5) is 5.69 Å². The first kappa shape index (κ1) is 20.3. The Balaban J connectivity index is 1.67. The van der Waals surface area contributed by atoms with E-state index in [0.717, 1.165) is 22.2 Å². The molecule has 8 heteroatoms. The number of aromatic nitrogens is 1. The number of fused-ring (bicyclic) bond motifs is 1. The van der Waals surface area contributed by atoms with Gasteiger partial charge >= 0.3 is 0 Å². The van der Waals surface area contributed by atoms with Gasteiger partial charge in [-0.05, 0) is 42.7 Å². The third kappa shape index (κ3) is 3.86. The van der Waals surface area contributed by atoms with Crippen LogP contribution in [0.3, 0.4) is 0 Å². The number of hydrogen-bond acceptors (Lipinski definition) is 5. The number of nitriles is 1. The molecule has 0 spiro atoms. The molecule has 156 valence electrons. The van der Waals surface area contributed by atoms with Gasteiger partial charge in [0.05, 0.1) is 28.6 Å². The number of aryl methyl sites for hydroxylation is 1. The van der Waals surface area contributed by atoms with Gasteiger partial charge in [-0.3, -0.25) is 4.72 Å². The van der Waals surface area contributed by atoms with Crippen molar-refractivity contribution >= 4 is 26.6 Å². The number of benzene rings is 2. The second-order valence-corrected chi connectivity index (χ2v) is 9.30. The van der Waals surface area contributed by atoms with E-state index in [2.05, 4.69) is 10.8 Å². The normalized spacial score (nSPS) is 13.9. The maximum atomic E-state index is 12.1. The van der Waals surface area contributed by atoms with Crippen molar-refractivity contribution in [2.45, 2.75) is 18.1 Å². The number of sulfonamides is 1. The van der Waals surface area contributed by atoms with Crippen LogP contribution in [0, 0.1) is 11.3 Å². The first-order chi connectivity index (χ1) is 14.4. The van der Waals surface area contributed by atoms with Crippen molar-refractivity contribution in [1.29, 1.82) is 5.26 Å². The lowest BCUT2D eigenvalue weighted by Crippen LogP contribution is -2.17. The van der Waals surface area contributed by atoms with Gasteiger partial charge in [0.15, 0.2) is 0 Å². The zero-order chi connectivity index (χ0) is 21.3. The summed E-state index contributed by atoms with van der Waals surface area (Å²) in [4.78, 5) is 0. The molecule has 3 aromatic rings. The van der Waals surface area contributed by atoms with Crippen molar-refractivity contribution in [1.82, 2.24) is 4.57 Å². The molecule has 1 saturated carbocycles. The summed E-state index contributed by atoms with van der Waals surface area (Å²) < 4.78 is 39.6. The number of nitrogens with zero attached hydrogens (tertiary/aromatic N) is 2. The van der Waals surface area contributed by atoms with E-state index >= 15 is 0 Å². The summed E-state index contributed by atoms with van der Waals surface area (Å²) in [5, 5.41) is 10.4. The zero-order valence-electron chi connectivity index (χ0n) is 16.9. The van der Waals surface area contributed by atoms with E-state index in [9.17, 15) is 13.7 Å². The molecular formula is C22H23N3O4S. The number of anilines is 1. The fraction of sp³-hybridized carbons (Fsp3) is 0.318. The molecule has 1 heterocycles. The van der Waals surface area contributed by atoms with Crippen LogP contribution in [0.25, 0.3) is 22.2 Å². The summed E-state index contributed by atoms with van der Waals surface area (Å²) in [5.41, 5.74) is 3.59. The van der Waals surface area contributed by atoms with Crippen molar-refractivity contribution in [2.75, 3.05) is 25.0 Å². The summed E-state index contributed by atoms with van der Waals surface area (Å²) in [7, 11) is 0.222. The van der Waals surface area contributed by atoms with Gasteiger partial charge in [-0.25, -0.2) is 8.42 Å². The Bertz CT molecular complexity index is 1220. The lowest BCUT2D eigenvalue weighted by atomic mass is 10.1. The molecule has 1 N–H and O–H groups in total. The van der Waals surface area contributed by atoms with E-state index < -0.39 is 10.0 Å². The Morgan fingerprint density at radius 2 is 1.90 bits per heavy atom. The van der Waals surface area contributed by atoms with Crippen LogP contribution < -0.4 is 9.46 Å². The van der Waals surface area contributed by atoms with E-state index in [1.54, 1.807) is 19.2 Å². The highest BCUT2D eigenvalue weighted by atomic mass is 32.2. The minimum Gasteiger partial charge on any atom is -0.491 e. The Labute approximate surface area is 175 Å². The van der Waals surface area contributed by atoms with Crippen LogP contribution in [0.5, 0.6) is 5.75 Å². The van der Waals surface area contributed by atoms with E-state index in [0.29, 0.717) is 43.1 Å². The highest BCUT2D eigenvalue weighted by Crippen LogP contribution is 2.35. The number of rotatable bonds is 8. The molecule has 0 bridgehead atoms. The summed E-state index contributed by atoms with van der Waals surface area (Å²) in [5.74, 6) is 0.709. The van der Waals surface area contributed by atoms with Crippen molar-refractivity contribution < 1.29 is 17.9 Å². The molecule has 7 nitrogen and oxygen atoms in total. The molecular weight excluding hydrogens is 402 g/mol. The Morgan fingerprint density at radius 3 is 2.53 bits per heavy atom. The maximum absolute atomic E-state index is 12.1. The molecule has 1 aromatic heterocycles. The van der Waals surface area contributed by atoms with Gasteiger partial charge in [0, 0.05) is 31.3 Å². The number of methoxy groups -OCH3 is 1. The smallest absolute Gasteiger partial charge is 0.235 e. The van der Waals surface area contributed by atoms with Gasteiger partial charge in [0.25, 0.3) is 0 Å². The fourth-order valence-corrected chi connectivity index (χ4v) is 4.91. The van der Waals surface area contributed by atoms with Crippen LogP contribution in [0.2, 0.25) is 0 Å². The molecule has 4 rings (SSSR count). The largest absolute Gasteiger partial charge is 0.491 e. The van der Waals surface area contributed by atoms with Crippen LogP contribution in [0.1, 0.15) is 18.4 Å². The summed E-state index contributed by atoms with van der Waals surface area (Å²) in [6.07, 6.45) is 1.43. The SMILES string of the molecule is COCCOc1ccc2c(C#N)c(-c3ccc(NS(=O)(=O)C4CC4)cc3)n(C)c2c1. The molecule has 1 aliphatic rings. The number of ether oxygens (including phenoxy) is 2. The van der Waals surface area contributed by atoms with Gasteiger partial charge in [0.2, 0.25) is 10.0 Å². The highest BCUT2D eigenvalue weighted by Gasteiger charge is 2.35. The topological polar surface area (TPSA) is 93.3 Å². The van der Waals surface area contributed by atoms with E-state index in [1.165, 1.54) is 0 Å². The lowest BCUT2D eigenvalue weighted by molar-refractivity contribution is 0.146. The molecule has 1 aliphatic carbocycles. The molecule has 2 aromatic carbocycles. The molecule has 30 heavy (non-hydrogen) atoms. The molecule has 0 saturated heterocycles. The second-order valence-electron chi connectivity index (χ2n) is 7.34. The zero-order valence-corrected chi connectivity index (χ0v) is 17.7. The predicted molar refractivity (Wildman–Crippen MR) is 116 cm³/mol. The van der Waals surface area contributed by atoms with Crippen molar-refractivity contribution in [3.8, 4) is 23.1 Å². The van der Waals surface area contributed by atoms with Crippen LogP contribution in [-0.2, 0) is 21.8 Å². The number of hydrogen-bond donors (Lipinski definition) is 1. The van der Waals surface area contributed by atoms with Crippen LogP contribution >= 0.6 is 0 Å². The van der Waals surface area contributed by atoms with Crippen molar-refractivity contribution in [2.24, 2.45) is 7.05 Å². The van der Waals surface area contributed by atoms with Crippen molar-refractivity contribution in [3.05, 3.63) is 48.0 Å². The first-order valence-corrected chi connectivity index (χ1v) is 11.3. The molecule has 0 aliphatic heterocycles. The predicted octanol–water partition coefficient (Wildman–Crippen LogP) is 3.65. The minimum atomic E-state index is -3.30. The number of nitrogens with one attached hydrogen (secondary N) is 1. The average Bonchev–Trinajstić information content (AvgIpc) is 3.55. The summed E-state index contributed by atoms with van der Waals surface area (Å²) in [6, 6.07) is 15.1. The first-order valence-electron chi connectivity index (χ1n) is 9.71. The standard InChI is InChI=1S/C22H23N3O4S/c1-25-21-13-17(29-12-11-28-2)7-10-19(21)20(14-23)22(25)15-3-5-16(6-4-15)24-30(26,27)18-8-9-18/h3-7,10,13,18,24H,8-9,11-12H2,1-2H3. The molecule has 0 radical (unpaired) electrons. The van der Waals surface area contributed by atoms with Gasteiger partial charge in [0.1, 0.15) is 18.4 Å². The Hall–Kier alpha value is -3.02. The van der Waals surface area contributed by atoms with Crippen molar-refractivity contribution in [3.63, 3.8) is 0 Å². The molecule has 0 amide bonds. The summed E-state index contributed by atoms with van der Waals surface area (Å²) in [6.45, 7) is 0.944. The monoisotopic (exact) mass is 425 g/mol. The van der Waals surface area contributed by atoms with Gasteiger partial charge in [-0.15, -0.1) is 0 Å². The van der Waals surface area contributed by atoms with Gasteiger partial charge in [-0.1, -0.05) is 12.1 Å². The van der Waals surface area contributed by atoms with E-state index in [4.69, 9.17) is 9.47 Å². The summed E-state index contributed by atoms with van der Waals surface area (Å²) >= 11 is 0. The Kier molecular flexibility index (Phi) is 5.41. The minimum absolute atomic E-state index is 0.277. The van der Waals surface area contributed by atoms with Gasteiger partial charge in [-0.2, -0.15) is 5.26 Å². The third-order valence-corrected chi connectivity index (χ3v) is 7.09. The molecule has 0 unspecified atom stereocenters. The molecule has 0 atom stereocenters. The average molecular weight is 426 g/mol. The third-order valence-electron chi connectivity index (χ3n) is 5.22. The van der Waals surface area contributed by atoms with Crippen LogP contribution in [0.15, 0.2) is 42.5 Å². The molecule has 1 fully saturated rings. The lowest BCUT2D eigenvalue weighted by Gasteiger charge is -2.09. The van der Waals surface area contributed by atoms with E-state index in [-0.39, 0.29) is 5.25 Å². The van der Waals surface area contributed by atoms with E-state index in [1.807, 2.05) is 41.9 Å². The highest BCUT2D eigenvalue weighted by molar-refractivity contribution is 7.93. The fourth-order valence-electron chi connectivity index (χ4n) is 3.52. The Morgan fingerprint density at radius 1 is 1.17 bits per heavy atom.